The Kier molecular flexibility index (Phi) is 4.97. The standard InChI is InChI=1S/C13H16Br2N2O2/c1-8-10(13(18)19)3-2-4-17(8)7-12-11(15)5-9(14)6-16-12/h5-6,8,10H,2-4,7H2,1H3,(H,18,19)/t8-,10-/m1/s1. The second kappa shape index (κ2) is 6.33. The van der Waals surface area contributed by atoms with Gasteiger partial charge in [-0.3, -0.25) is 14.7 Å². The van der Waals surface area contributed by atoms with Crippen molar-refractivity contribution in [2.24, 2.45) is 5.92 Å². The van der Waals surface area contributed by atoms with Gasteiger partial charge in [0.2, 0.25) is 0 Å². The van der Waals surface area contributed by atoms with E-state index in [4.69, 9.17) is 0 Å². The molecule has 6 heteroatoms. The van der Waals surface area contributed by atoms with Crippen molar-refractivity contribution in [2.45, 2.75) is 32.4 Å². The molecule has 0 bridgehead atoms. The predicted molar refractivity (Wildman–Crippen MR) is 79.9 cm³/mol. The lowest BCUT2D eigenvalue weighted by atomic mass is 9.90. The molecule has 0 aromatic carbocycles. The quantitative estimate of drug-likeness (QED) is 0.858. The molecule has 0 spiro atoms. The van der Waals surface area contributed by atoms with Crippen LogP contribution in [0.1, 0.15) is 25.5 Å². The number of halogens is 2. The average Bonchev–Trinajstić information content (AvgIpc) is 2.34. The van der Waals surface area contributed by atoms with Crippen LogP contribution in [0.25, 0.3) is 0 Å². The molecule has 1 aromatic rings. The van der Waals surface area contributed by atoms with Crippen molar-refractivity contribution in [3.63, 3.8) is 0 Å². The van der Waals surface area contributed by atoms with Gasteiger partial charge >= 0.3 is 5.97 Å². The topological polar surface area (TPSA) is 53.4 Å². The lowest BCUT2D eigenvalue weighted by Gasteiger charge is -2.37. The molecule has 2 heterocycles. The lowest BCUT2D eigenvalue weighted by molar-refractivity contribution is -0.145. The Labute approximate surface area is 129 Å². The van der Waals surface area contributed by atoms with Crippen LogP contribution in [0.5, 0.6) is 0 Å². The van der Waals surface area contributed by atoms with Gasteiger partial charge in [0.15, 0.2) is 0 Å². The molecule has 0 saturated carbocycles. The first-order chi connectivity index (χ1) is 8.99. The highest BCUT2D eigenvalue weighted by molar-refractivity contribution is 9.11. The van der Waals surface area contributed by atoms with E-state index in [1.165, 1.54) is 0 Å². The van der Waals surface area contributed by atoms with E-state index in [0.717, 1.165) is 34.0 Å². The third kappa shape index (κ3) is 3.55. The number of likely N-dealkylation sites (tertiary alicyclic amines) is 1. The molecular formula is C13H16Br2N2O2. The fraction of sp³-hybridized carbons (Fsp3) is 0.538. The van der Waals surface area contributed by atoms with Crippen molar-refractivity contribution in [1.29, 1.82) is 0 Å². The average molecular weight is 392 g/mol. The Morgan fingerprint density at radius 2 is 2.32 bits per heavy atom. The molecule has 1 aliphatic heterocycles. The van der Waals surface area contributed by atoms with Crippen molar-refractivity contribution in [3.05, 3.63) is 26.9 Å². The van der Waals surface area contributed by atoms with Gasteiger partial charge in [-0.1, -0.05) is 0 Å². The van der Waals surface area contributed by atoms with Gasteiger partial charge in [-0.2, -0.15) is 0 Å². The summed E-state index contributed by atoms with van der Waals surface area (Å²) in [4.78, 5) is 17.8. The fourth-order valence-electron chi connectivity index (χ4n) is 2.52. The molecule has 2 rings (SSSR count). The van der Waals surface area contributed by atoms with Crippen LogP contribution in [0.4, 0.5) is 0 Å². The first-order valence-electron chi connectivity index (χ1n) is 6.26. The number of aliphatic carboxylic acids is 1. The van der Waals surface area contributed by atoms with Crippen LogP contribution in [-0.4, -0.2) is 33.5 Å². The summed E-state index contributed by atoms with van der Waals surface area (Å²) in [6, 6.07) is 2.01. The summed E-state index contributed by atoms with van der Waals surface area (Å²) >= 11 is 6.88. The van der Waals surface area contributed by atoms with Gasteiger partial charge in [0, 0.05) is 27.7 Å². The van der Waals surface area contributed by atoms with Crippen molar-refractivity contribution < 1.29 is 9.90 Å². The van der Waals surface area contributed by atoms with E-state index < -0.39 is 5.97 Å². The Hall–Kier alpha value is -0.460. The maximum Gasteiger partial charge on any atom is 0.308 e. The van der Waals surface area contributed by atoms with Gasteiger partial charge in [-0.15, -0.1) is 0 Å². The number of hydrogen-bond donors (Lipinski definition) is 1. The normalized spacial score (nSPS) is 24.4. The second-order valence-electron chi connectivity index (χ2n) is 4.88. The number of piperidine rings is 1. The molecule has 0 aliphatic carbocycles. The lowest BCUT2D eigenvalue weighted by Crippen LogP contribution is -2.45. The van der Waals surface area contributed by atoms with Crippen molar-refractivity contribution in [3.8, 4) is 0 Å². The van der Waals surface area contributed by atoms with E-state index in [2.05, 4.69) is 41.7 Å². The minimum absolute atomic E-state index is 0.0450. The van der Waals surface area contributed by atoms with Crippen molar-refractivity contribution in [2.75, 3.05) is 6.54 Å². The van der Waals surface area contributed by atoms with Crippen LogP contribution < -0.4 is 0 Å². The van der Waals surface area contributed by atoms with Crippen molar-refractivity contribution >= 4 is 37.8 Å². The Morgan fingerprint density at radius 3 is 2.95 bits per heavy atom. The minimum atomic E-state index is -0.694. The minimum Gasteiger partial charge on any atom is -0.481 e. The Bertz CT molecular complexity index is 482. The number of hydrogen-bond acceptors (Lipinski definition) is 3. The number of carboxylic acid groups (broad SMARTS) is 1. The first kappa shape index (κ1) is 14.9. The third-order valence-corrected chi connectivity index (χ3v) is 4.79. The highest BCUT2D eigenvalue weighted by atomic mass is 79.9. The number of carbonyl (C=O) groups is 1. The number of carboxylic acids is 1. The summed E-state index contributed by atoms with van der Waals surface area (Å²) in [7, 11) is 0. The molecule has 1 saturated heterocycles. The summed E-state index contributed by atoms with van der Waals surface area (Å²) in [5.74, 6) is -0.969. The Morgan fingerprint density at radius 1 is 1.58 bits per heavy atom. The van der Waals surface area contributed by atoms with Crippen LogP contribution in [-0.2, 0) is 11.3 Å². The highest BCUT2D eigenvalue weighted by Gasteiger charge is 2.33. The molecular weight excluding hydrogens is 376 g/mol. The van der Waals surface area contributed by atoms with E-state index in [-0.39, 0.29) is 12.0 Å². The third-order valence-electron chi connectivity index (χ3n) is 3.67. The van der Waals surface area contributed by atoms with Crippen LogP contribution in [0, 0.1) is 5.92 Å². The molecule has 0 amide bonds. The van der Waals surface area contributed by atoms with Crippen LogP contribution in [0.3, 0.4) is 0 Å². The van der Waals surface area contributed by atoms with Gasteiger partial charge in [-0.05, 0) is 64.2 Å². The monoisotopic (exact) mass is 390 g/mol. The summed E-state index contributed by atoms with van der Waals surface area (Å²) < 4.78 is 1.88. The molecule has 1 N–H and O–H groups in total. The molecule has 2 atom stereocenters. The summed E-state index contributed by atoms with van der Waals surface area (Å²) in [6.45, 7) is 3.60. The Balaban J connectivity index is 2.11. The number of pyridine rings is 1. The van der Waals surface area contributed by atoms with E-state index in [9.17, 15) is 9.90 Å². The SMILES string of the molecule is C[C@@H]1[C@H](C(=O)O)CCCN1Cc1ncc(Br)cc1Br. The number of rotatable bonds is 3. The number of aromatic nitrogens is 1. The molecule has 1 aliphatic rings. The zero-order valence-corrected chi connectivity index (χ0v) is 13.8. The molecule has 104 valence electrons. The molecule has 1 fully saturated rings. The van der Waals surface area contributed by atoms with Gasteiger partial charge < -0.3 is 5.11 Å². The zero-order valence-electron chi connectivity index (χ0n) is 10.6. The predicted octanol–water partition coefficient (Wildman–Crippen LogP) is 3.29. The summed E-state index contributed by atoms with van der Waals surface area (Å²) in [5, 5.41) is 9.23. The fourth-order valence-corrected chi connectivity index (χ4v) is 3.63. The second-order valence-corrected chi connectivity index (χ2v) is 6.65. The van der Waals surface area contributed by atoms with Gasteiger partial charge in [-0.25, -0.2) is 0 Å². The maximum absolute atomic E-state index is 11.2. The molecule has 1 aromatic heterocycles. The summed E-state index contributed by atoms with van der Waals surface area (Å²) in [6.07, 6.45) is 3.46. The van der Waals surface area contributed by atoms with E-state index in [1.54, 1.807) is 6.20 Å². The molecule has 19 heavy (non-hydrogen) atoms. The van der Waals surface area contributed by atoms with Gasteiger partial charge in [0.05, 0.1) is 11.6 Å². The molecule has 0 unspecified atom stereocenters. The van der Waals surface area contributed by atoms with Crippen LogP contribution >= 0.6 is 31.9 Å². The van der Waals surface area contributed by atoms with E-state index in [0.29, 0.717) is 6.54 Å². The first-order valence-corrected chi connectivity index (χ1v) is 7.84. The molecule has 0 radical (unpaired) electrons. The molecule has 4 nitrogen and oxygen atoms in total. The van der Waals surface area contributed by atoms with E-state index in [1.807, 2.05) is 13.0 Å². The zero-order chi connectivity index (χ0) is 14.0. The summed E-state index contributed by atoms with van der Waals surface area (Å²) in [5.41, 5.74) is 0.945. The smallest absolute Gasteiger partial charge is 0.308 e. The largest absolute Gasteiger partial charge is 0.481 e. The van der Waals surface area contributed by atoms with E-state index >= 15 is 0 Å². The van der Waals surface area contributed by atoms with Gasteiger partial charge in [0.25, 0.3) is 0 Å². The highest BCUT2D eigenvalue weighted by Crippen LogP contribution is 2.27. The maximum atomic E-state index is 11.2. The number of nitrogens with zero attached hydrogens (tertiary/aromatic N) is 2. The van der Waals surface area contributed by atoms with Gasteiger partial charge in [0.1, 0.15) is 0 Å². The van der Waals surface area contributed by atoms with Crippen molar-refractivity contribution in [1.82, 2.24) is 9.88 Å². The van der Waals surface area contributed by atoms with Crippen LogP contribution in [0.15, 0.2) is 21.2 Å². The van der Waals surface area contributed by atoms with Crippen LogP contribution in [0.2, 0.25) is 0 Å².